The van der Waals surface area contributed by atoms with Crippen molar-refractivity contribution in [3.05, 3.63) is 28.3 Å². The summed E-state index contributed by atoms with van der Waals surface area (Å²) in [7, 11) is 1.65. The molecule has 1 aliphatic rings. The molecule has 1 heterocycles. The van der Waals surface area contributed by atoms with Crippen LogP contribution in [-0.4, -0.2) is 25.5 Å². The summed E-state index contributed by atoms with van der Waals surface area (Å²) in [5.41, 5.74) is 4.00. The molecule has 0 spiro atoms. The van der Waals surface area contributed by atoms with Crippen LogP contribution in [0.15, 0.2) is 6.07 Å². The molecule has 1 aromatic rings. The average molecular weight is 261 g/mol. The number of ether oxygens (including phenoxy) is 1. The van der Waals surface area contributed by atoms with Crippen molar-refractivity contribution in [1.82, 2.24) is 5.32 Å². The highest BCUT2D eigenvalue weighted by Crippen LogP contribution is 2.31. The third kappa shape index (κ3) is 2.66. The summed E-state index contributed by atoms with van der Waals surface area (Å²) in [5, 5.41) is 3.32. The molecule has 0 aliphatic carbocycles. The lowest BCUT2D eigenvalue weighted by molar-refractivity contribution is 0.0923. The minimum Gasteiger partial charge on any atom is -0.496 e. The van der Waals surface area contributed by atoms with E-state index in [4.69, 9.17) is 4.74 Å². The smallest absolute Gasteiger partial charge is 0.183 e. The predicted molar refractivity (Wildman–Crippen MR) is 77.2 cm³/mol. The second-order valence-electron chi connectivity index (χ2n) is 5.41. The summed E-state index contributed by atoms with van der Waals surface area (Å²) in [5.74, 6) is 0.923. The van der Waals surface area contributed by atoms with Crippen molar-refractivity contribution < 1.29 is 9.53 Å². The lowest BCUT2D eigenvalue weighted by Crippen LogP contribution is -2.40. The Kier molecular flexibility index (Phi) is 4.25. The second kappa shape index (κ2) is 5.74. The lowest BCUT2D eigenvalue weighted by Gasteiger charge is -2.24. The maximum Gasteiger partial charge on any atom is 0.183 e. The van der Waals surface area contributed by atoms with Gasteiger partial charge in [0, 0.05) is 0 Å². The van der Waals surface area contributed by atoms with Gasteiger partial charge in [0.25, 0.3) is 0 Å². The molecule has 1 saturated heterocycles. The molecule has 1 aliphatic heterocycles. The van der Waals surface area contributed by atoms with Crippen molar-refractivity contribution in [3.8, 4) is 5.75 Å². The van der Waals surface area contributed by atoms with Crippen molar-refractivity contribution in [2.24, 2.45) is 0 Å². The van der Waals surface area contributed by atoms with Gasteiger partial charge in [-0.15, -0.1) is 0 Å². The standard InChI is InChI=1S/C16H23NO2/c1-10-9-11(2)14(16(19-4)12(10)3)15(18)13-7-5-6-8-17-13/h9,13,17H,5-8H2,1-4H3. The first-order valence-electron chi connectivity index (χ1n) is 6.98. The lowest BCUT2D eigenvalue weighted by atomic mass is 9.90. The first kappa shape index (κ1) is 14.1. The highest BCUT2D eigenvalue weighted by molar-refractivity contribution is 6.04. The van der Waals surface area contributed by atoms with E-state index in [0.29, 0.717) is 0 Å². The largest absolute Gasteiger partial charge is 0.496 e. The molecule has 3 heteroatoms. The molecule has 19 heavy (non-hydrogen) atoms. The van der Waals surface area contributed by atoms with Crippen molar-refractivity contribution >= 4 is 5.78 Å². The normalized spacial score (nSPS) is 19.3. The molecule has 0 aromatic heterocycles. The Labute approximate surface area is 115 Å². The predicted octanol–water partition coefficient (Wildman–Crippen LogP) is 2.95. The molecule has 1 N–H and O–H groups in total. The molecule has 0 amide bonds. The summed E-state index contributed by atoms with van der Waals surface area (Å²) in [6, 6.07) is 2.02. The number of Topliss-reactive ketones (excluding diaryl/α,β-unsaturated/α-hetero) is 1. The fraction of sp³-hybridized carbons (Fsp3) is 0.562. The maximum atomic E-state index is 12.7. The Bertz CT molecular complexity index is 488. The summed E-state index contributed by atoms with van der Waals surface area (Å²) in [4.78, 5) is 12.7. The number of rotatable bonds is 3. The Hall–Kier alpha value is -1.35. The van der Waals surface area contributed by atoms with E-state index in [2.05, 4.69) is 18.3 Å². The zero-order chi connectivity index (χ0) is 14.0. The molecule has 104 valence electrons. The Morgan fingerprint density at radius 2 is 2.00 bits per heavy atom. The van der Waals surface area contributed by atoms with Crippen LogP contribution in [0.4, 0.5) is 0 Å². The topological polar surface area (TPSA) is 38.3 Å². The Morgan fingerprint density at radius 1 is 1.26 bits per heavy atom. The number of methoxy groups -OCH3 is 1. The van der Waals surface area contributed by atoms with Crippen molar-refractivity contribution in [3.63, 3.8) is 0 Å². The van der Waals surface area contributed by atoms with Crippen LogP contribution in [0.5, 0.6) is 5.75 Å². The monoisotopic (exact) mass is 261 g/mol. The van der Waals surface area contributed by atoms with Crippen molar-refractivity contribution in [2.75, 3.05) is 13.7 Å². The van der Waals surface area contributed by atoms with Gasteiger partial charge in [-0.25, -0.2) is 0 Å². The molecular weight excluding hydrogens is 238 g/mol. The van der Waals surface area contributed by atoms with Gasteiger partial charge in [-0.2, -0.15) is 0 Å². The van der Waals surface area contributed by atoms with Gasteiger partial charge in [-0.1, -0.05) is 12.5 Å². The van der Waals surface area contributed by atoms with Crippen molar-refractivity contribution in [1.29, 1.82) is 0 Å². The van der Waals surface area contributed by atoms with Gasteiger partial charge in [0.1, 0.15) is 5.75 Å². The fourth-order valence-electron chi connectivity index (χ4n) is 2.86. The van der Waals surface area contributed by atoms with Gasteiger partial charge in [0.2, 0.25) is 0 Å². The highest BCUT2D eigenvalue weighted by Gasteiger charge is 2.27. The van der Waals surface area contributed by atoms with Crippen LogP contribution < -0.4 is 10.1 Å². The van der Waals surface area contributed by atoms with E-state index in [9.17, 15) is 4.79 Å². The SMILES string of the molecule is COc1c(C)c(C)cc(C)c1C(=O)C1CCCCN1. The van der Waals surface area contributed by atoms with E-state index >= 15 is 0 Å². The quantitative estimate of drug-likeness (QED) is 0.850. The Balaban J connectivity index is 2.43. The van der Waals surface area contributed by atoms with E-state index in [1.165, 1.54) is 5.56 Å². The first-order valence-corrected chi connectivity index (χ1v) is 6.98. The number of ketones is 1. The van der Waals surface area contributed by atoms with E-state index in [1.807, 2.05) is 13.8 Å². The van der Waals surface area contributed by atoms with E-state index in [-0.39, 0.29) is 11.8 Å². The van der Waals surface area contributed by atoms with Crippen LogP contribution in [0.2, 0.25) is 0 Å². The summed E-state index contributed by atoms with van der Waals surface area (Å²) in [6.07, 6.45) is 3.21. The molecular formula is C16H23NO2. The zero-order valence-corrected chi connectivity index (χ0v) is 12.3. The minimum absolute atomic E-state index is 0.0524. The van der Waals surface area contributed by atoms with Crippen LogP contribution in [-0.2, 0) is 0 Å². The summed E-state index contributed by atoms with van der Waals surface area (Å²) < 4.78 is 5.50. The molecule has 1 unspecified atom stereocenters. The fourth-order valence-corrected chi connectivity index (χ4v) is 2.86. The van der Waals surface area contributed by atoms with Gasteiger partial charge in [0.05, 0.1) is 18.7 Å². The van der Waals surface area contributed by atoms with Gasteiger partial charge >= 0.3 is 0 Å². The second-order valence-corrected chi connectivity index (χ2v) is 5.41. The molecule has 2 rings (SSSR count). The van der Waals surface area contributed by atoms with Crippen LogP contribution >= 0.6 is 0 Å². The Morgan fingerprint density at radius 3 is 2.58 bits per heavy atom. The molecule has 1 fully saturated rings. The molecule has 1 aromatic carbocycles. The number of nitrogens with one attached hydrogen (secondary N) is 1. The summed E-state index contributed by atoms with van der Waals surface area (Å²) >= 11 is 0. The van der Waals surface area contributed by atoms with Gasteiger partial charge in [-0.05, 0) is 56.8 Å². The maximum absolute atomic E-state index is 12.7. The number of carbonyl (C=O) groups is 1. The van der Waals surface area contributed by atoms with Gasteiger partial charge < -0.3 is 10.1 Å². The molecule has 1 atom stereocenters. The van der Waals surface area contributed by atoms with Crippen LogP contribution in [0, 0.1) is 20.8 Å². The van der Waals surface area contributed by atoms with Crippen LogP contribution in [0.1, 0.15) is 46.3 Å². The molecule has 0 saturated carbocycles. The first-order chi connectivity index (χ1) is 9.06. The number of piperidine rings is 1. The van der Waals surface area contributed by atoms with E-state index in [1.54, 1.807) is 7.11 Å². The van der Waals surface area contributed by atoms with Gasteiger partial charge in [-0.3, -0.25) is 4.79 Å². The highest BCUT2D eigenvalue weighted by atomic mass is 16.5. The van der Waals surface area contributed by atoms with Crippen molar-refractivity contribution in [2.45, 2.75) is 46.1 Å². The average Bonchev–Trinajstić information content (AvgIpc) is 2.42. The molecule has 3 nitrogen and oxygen atoms in total. The van der Waals surface area contributed by atoms with E-state index < -0.39 is 0 Å². The summed E-state index contributed by atoms with van der Waals surface area (Å²) in [6.45, 7) is 6.99. The number of hydrogen-bond donors (Lipinski definition) is 1. The molecule has 0 bridgehead atoms. The van der Waals surface area contributed by atoms with Gasteiger partial charge in [0.15, 0.2) is 5.78 Å². The third-order valence-corrected chi connectivity index (χ3v) is 4.06. The number of benzene rings is 1. The van der Waals surface area contributed by atoms with Crippen LogP contribution in [0.3, 0.4) is 0 Å². The number of aryl methyl sites for hydroxylation is 2. The third-order valence-electron chi connectivity index (χ3n) is 4.06. The number of hydrogen-bond acceptors (Lipinski definition) is 3. The number of carbonyl (C=O) groups excluding carboxylic acids is 1. The zero-order valence-electron chi connectivity index (χ0n) is 12.3. The van der Waals surface area contributed by atoms with E-state index in [0.717, 1.165) is 48.2 Å². The minimum atomic E-state index is -0.0524. The molecule has 0 radical (unpaired) electrons. The van der Waals surface area contributed by atoms with Crippen LogP contribution in [0.25, 0.3) is 0 Å².